The molecule has 4 heterocycles. The minimum Gasteiger partial charge on any atom is -0.356 e. The van der Waals surface area contributed by atoms with Crippen LogP contribution in [0.1, 0.15) is 42.9 Å². The number of hydrogen-bond acceptors (Lipinski definition) is 6. The average Bonchev–Trinajstić information content (AvgIpc) is 3.60. The third-order valence-corrected chi connectivity index (χ3v) is 6.60. The van der Waals surface area contributed by atoms with Gasteiger partial charge in [-0.25, -0.2) is 18.9 Å². The van der Waals surface area contributed by atoms with Crippen LogP contribution < -0.4 is 10.2 Å². The Morgan fingerprint density at radius 1 is 1.00 bits per heavy atom. The Morgan fingerprint density at radius 2 is 1.79 bits per heavy atom. The fourth-order valence-electron chi connectivity index (χ4n) is 4.60. The van der Waals surface area contributed by atoms with E-state index in [0.717, 1.165) is 54.2 Å². The highest BCUT2D eigenvalue weighted by Gasteiger charge is 2.26. The molecule has 1 aliphatic heterocycles. The molecule has 0 spiro atoms. The lowest BCUT2D eigenvalue weighted by Crippen LogP contribution is -2.39. The van der Waals surface area contributed by atoms with E-state index in [1.54, 1.807) is 6.33 Å². The van der Waals surface area contributed by atoms with Gasteiger partial charge < -0.3 is 10.2 Å². The van der Waals surface area contributed by atoms with Gasteiger partial charge in [-0.2, -0.15) is 4.98 Å². The number of nitrogens with one attached hydrogen (secondary N) is 1. The molecule has 4 aromatic rings. The summed E-state index contributed by atoms with van der Waals surface area (Å²) in [6.07, 6.45) is 8.10. The monoisotopic (exact) mass is 443 g/mol. The number of aryl methyl sites for hydroxylation is 1. The van der Waals surface area contributed by atoms with Crippen molar-refractivity contribution in [1.82, 2.24) is 24.6 Å². The Kier molecular flexibility index (Phi) is 4.93. The summed E-state index contributed by atoms with van der Waals surface area (Å²) in [5.41, 5.74) is 5.00. The maximum Gasteiger partial charge on any atom is 0.243 e. The van der Waals surface area contributed by atoms with Gasteiger partial charge in [0.2, 0.25) is 5.95 Å². The second kappa shape index (κ2) is 8.10. The number of aromatic nitrogens is 5. The summed E-state index contributed by atoms with van der Waals surface area (Å²) in [7, 11) is 0. The predicted molar refractivity (Wildman–Crippen MR) is 126 cm³/mol. The number of piperidine rings is 1. The molecule has 7 nitrogen and oxygen atoms in total. The molecule has 2 aliphatic rings. The van der Waals surface area contributed by atoms with Crippen molar-refractivity contribution < 1.29 is 4.39 Å². The van der Waals surface area contributed by atoms with Gasteiger partial charge in [-0.3, -0.25) is 0 Å². The maximum absolute atomic E-state index is 13.5. The highest BCUT2D eigenvalue weighted by atomic mass is 19.1. The molecule has 1 N–H and O–H groups in total. The van der Waals surface area contributed by atoms with E-state index in [1.165, 1.54) is 30.5 Å². The van der Waals surface area contributed by atoms with E-state index in [0.29, 0.717) is 17.9 Å². The Balaban J connectivity index is 1.23. The molecular formula is C25H26FN7. The smallest absolute Gasteiger partial charge is 0.243 e. The molecule has 1 saturated carbocycles. The molecule has 1 aromatic carbocycles. The molecular weight excluding hydrogens is 417 g/mol. The first-order chi connectivity index (χ1) is 16.1. The largest absolute Gasteiger partial charge is 0.356 e. The number of rotatable bonds is 5. The number of anilines is 2. The molecule has 33 heavy (non-hydrogen) atoms. The van der Waals surface area contributed by atoms with Crippen LogP contribution in [0.5, 0.6) is 0 Å². The number of hydrogen-bond donors (Lipinski definition) is 1. The number of nitrogens with zero attached hydrogens (tertiary/aromatic N) is 6. The summed E-state index contributed by atoms with van der Waals surface area (Å²) in [5.74, 6) is 1.98. The van der Waals surface area contributed by atoms with E-state index in [-0.39, 0.29) is 5.82 Å². The summed E-state index contributed by atoms with van der Waals surface area (Å²) in [5, 5.41) is 8.30. The minimum atomic E-state index is -0.236. The molecule has 0 unspecified atom stereocenters. The predicted octanol–water partition coefficient (Wildman–Crippen LogP) is 4.59. The van der Waals surface area contributed by atoms with Gasteiger partial charge in [0, 0.05) is 42.7 Å². The highest BCUT2D eigenvalue weighted by molar-refractivity contribution is 5.78. The van der Waals surface area contributed by atoms with Crippen molar-refractivity contribution in [3.8, 4) is 11.1 Å². The second-order valence-electron chi connectivity index (χ2n) is 9.10. The highest BCUT2D eigenvalue weighted by Crippen LogP contribution is 2.41. The summed E-state index contributed by atoms with van der Waals surface area (Å²) in [6.45, 7) is 3.84. The van der Waals surface area contributed by atoms with Gasteiger partial charge in [-0.15, -0.1) is 5.10 Å². The van der Waals surface area contributed by atoms with Crippen LogP contribution in [0.4, 0.5) is 16.2 Å². The number of benzene rings is 1. The Morgan fingerprint density at radius 3 is 2.52 bits per heavy atom. The number of pyridine rings is 1. The van der Waals surface area contributed by atoms with Crippen LogP contribution >= 0.6 is 0 Å². The lowest BCUT2D eigenvalue weighted by atomic mass is 10.0. The second-order valence-corrected chi connectivity index (χ2v) is 9.10. The first-order valence-corrected chi connectivity index (χ1v) is 11.6. The Labute approximate surface area is 191 Å². The number of halogens is 1. The van der Waals surface area contributed by atoms with E-state index >= 15 is 0 Å². The van der Waals surface area contributed by atoms with Gasteiger partial charge >= 0.3 is 0 Å². The van der Waals surface area contributed by atoms with Crippen LogP contribution in [0, 0.1) is 12.7 Å². The zero-order chi connectivity index (χ0) is 22.4. The molecule has 1 aliphatic carbocycles. The van der Waals surface area contributed by atoms with Crippen molar-refractivity contribution in [1.29, 1.82) is 0 Å². The quantitative estimate of drug-likeness (QED) is 0.486. The van der Waals surface area contributed by atoms with Gasteiger partial charge in [0.15, 0.2) is 5.65 Å². The Bertz CT molecular complexity index is 1290. The standard InChI is InChI=1S/C25H26FN7/c1-16-12-23(28-15-27-16)32-10-8-21(9-11-32)29-25-30-24-22(18-4-6-20(26)7-5-18)13-19(17-2-3-17)14-33(24)31-25/h4-7,12-15,17,21H,2-3,8-11H2,1H3,(H,29,31). The lowest BCUT2D eigenvalue weighted by Gasteiger charge is -2.32. The van der Waals surface area contributed by atoms with E-state index in [4.69, 9.17) is 10.1 Å². The molecule has 2 fully saturated rings. The van der Waals surface area contributed by atoms with Crippen LogP contribution in [0.2, 0.25) is 0 Å². The van der Waals surface area contributed by atoms with E-state index < -0.39 is 0 Å². The molecule has 168 valence electrons. The summed E-state index contributed by atoms with van der Waals surface area (Å²) < 4.78 is 15.4. The van der Waals surface area contributed by atoms with Crippen LogP contribution in [0.3, 0.4) is 0 Å². The van der Waals surface area contributed by atoms with E-state index in [9.17, 15) is 4.39 Å². The zero-order valence-corrected chi connectivity index (χ0v) is 18.6. The fourth-order valence-corrected chi connectivity index (χ4v) is 4.60. The van der Waals surface area contributed by atoms with Crippen molar-refractivity contribution in [3.63, 3.8) is 0 Å². The first kappa shape index (κ1) is 20.1. The average molecular weight is 444 g/mol. The summed E-state index contributed by atoms with van der Waals surface area (Å²) in [4.78, 5) is 15.7. The van der Waals surface area contributed by atoms with Gasteiger partial charge in [0.25, 0.3) is 0 Å². The van der Waals surface area contributed by atoms with E-state index in [2.05, 4.69) is 32.4 Å². The molecule has 0 radical (unpaired) electrons. The van der Waals surface area contributed by atoms with Crippen molar-refractivity contribution in [3.05, 3.63) is 66.0 Å². The van der Waals surface area contributed by atoms with Crippen molar-refractivity contribution in [2.45, 2.75) is 44.6 Å². The molecule has 0 atom stereocenters. The van der Waals surface area contributed by atoms with Crippen molar-refractivity contribution in [2.75, 3.05) is 23.3 Å². The minimum absolute atomic E-state index is 0.236. The third kappa shape index (κ3) is 4.13. The fraction of sp³-hybridized carbons (Fsp3) is 0.360. The molecule has 8 heteroatoms. The third-order valence-electron chi connectivity index (χ3n) is 6.60. The van der Waals surface area contributed by atoms with Crippen molar-refractivity contribution >= 4 is 17.4 Å². The van der Waals surface area contributed by atoms with Gasteiger partial charge in [-0.1, -0.05) is 12.1 Å². The summed E-state index contributed by atoms with van der Waals surface area (Å²) in [6, 6.07) is 11.2. The molecule has 1 saturated heterocycles. The van der Waals surface area contributed by atoms with Crippen LogP contribution in [0.15, 0.2) is 48.9 Å². The van der Waals surface area contributed by atoms with Gasteiger partial charge in [0.05, 0.1) is 0 Å². The SMILES string of the molecule is Cc1cc(N2CCC(Nc3nc4c(-c5ccc(F)cc5)cc(C5CC5)cn4n3)CC2)ncn1. The van der Waals surface area contributed by atoms with Crippen LogP contribution in [-0.4, -0.2) is 43.7 Å². The lowest BCUT2D eigenvalue weighted by molar-refractivity contribution is 0.520. The molecule has 3 aromatic heterocycles. The van der Waals surface area contributed by atoms with Crippen LogP contribution in [-0.2, 0) is 0 Å². The topological polar surface area (TPSA) is 71.2 Å². The Hall–Kier alpha value is -3.55. The number of fused-ring (bicyclic) bond motifs is 1. The molecule has 6 rings (SSSR count). The zero-order valence-electron chi connectivity index (χ0n) is 18.6. The van der Waals surface area contributed by atoms with Gasteiger partial charge in [-0.05, 0) is 67.9 Å². The molecule has 0 bridgehead atoms. The summed E-state index contributed by atoms with van der Waals surface area (Å²) >= 11 is 0. The first-order valence-electron chi connectivity index (χ1n) is 11.6. The molecule has 0 amide bonds. The normalized spacial score (nSPS) is 17.0. The van der Waals surface area contributed by atoms with Gasteiger partial charge in [0.1, 0.15) is 18.0 Å². The van der Waals surface area contributed by atoms with Crippen LogP contribution in [0.25, 0.3) is 16.8 Å². The van der Waals surface area contributed by atoms with E-state index in [1.807, 2.05) is 29.6 Å². The van der Waals surface area contributed by atoms with Crippen molar-refractivity contribution in [2.24, 2.45) is 0 Å². The maximum atomic E-state index is 13.5.